The van der Waals surface area contributed by atoms with Crippen molar-refractivity contribution in [2.24, 2.45) is 0 Å². The van der Waals surface area contributed by atoms with E-state index in [0.29, 0.717) is 28.9 Å². The molecule has 5 nitrogen and oxygen atoms in total. The Morgan fingerprint density at radius 2 is 2.04 bits per heavy atom. The molecule has 2 aromatic rings. The normalized spacial score (nSPS) is 19.6. The Morgan fingerprint density at radius 1 is 1.28 bits per heavy atom. The van der Waals surface area contributed by atoms with Gasteiger partial charge >= 0.3 is 0 Å². The minimum Gasteiger partial charge on any atom is -0.544 e. The first-order valence-corrected chi connectivity index (χ1v) is 9.22. The van der Waals surface area contributed by atoms with Crippen LogP contribution in [0.5, 0.6) is 11.5 Å². The average Bonchev–Trinajstić information content (AvgIpc) is 3.11. The summed E-state index contributed by atoms with van der Waals surface area (Å²) in [6.07, 6.45) is 0. The number of ether oxygens (including phenoxy) is 2. The van der Waals surface area contributed by atoms with E-state index in [9.17, 15) is 9.90 Å². The smallest absolute Gasteiger partial charge is 0.161 e. The monoisotopic (exact) mass is 379 g/mol. The molecule has 25 heavy (non-hydrogen) atoms. The van der Waals surface area contributed by atoms with Crippen LogP contribution >= 0.6 is 23.4 Å². The maximum Gasteiger partial charge on any atom is 0.161 e. The van der Waals surface area contributed by atoms with Gasteiger partial charge in [-0.05, 0) is 35.9 Å². The number of quaternary nitrogens is 1. The number of carbonyl (C=O) groups excluding carboxylic acids is 1. The van der Waals surface area contributed by atoms with E-state index in [4.69, 9.17) is 21.1 Å². The van der Waals surface area contributed by atoms with Gasteiger partial charge in [0.2, 0.25) is 0 Å². The average molecular weight is 380 g/mol. The highest BCUT2D eigenvalue weighted by Gasteiger charge is 2.31. The fourth-order valence-electron chi connectivity index (χ4n) is 2.61. The summed E-state index contributed by atoms with van der Waals surface area (Å²) in [4.78, 5) is 11.0. The summed E-state index contributed by atoms with van der Waals surface area (Å²) in [7, 11) is 1.59. The highest BCUT2D eigenvalue weighted by atomic mass is 35.5. The number of halogens is 1. The van der Waals surface area contributed by atoms with Crippen LogP contribution in [0.4, 0.5) is 0 Å². The fraction of sp³-hybridized carbons (Fsp3) is 0.278. The van der Waals surface area contributed by atoms with Crippen LogP contribution in [0.2, 0.25) is 5.02 Å². The number of benzene rings is 2. The van der Waals surface area contributed by atoms with Crippen molar-refractivity contribution in [3.63, 3.8) is 0 Å². The highest BCUT2D eigenvalue weighted by molar-refractivity contribution is 7.99. The third-order valence-corrected chi connectivity index (χ3v) is 5.58. The van der Waals surface area contributed by atoms with E-state index in [2.05, 4.69) is 0 Å². The molecule has 0 radical (unpaired) electrons. The Labute approximate surface area is 155 Å². The third kappa shape index (κ3) is 4.39. The first kappa shape index (κ1) is 17.9. The van der Waals surface area contributed by atoms with Crippen LogP contribution in [-0.4, -0.2) is 24.9 Å². The third-order valence-electron chi connectivity index (χ3n) is 3.99. The van der Waals surface area contributed by atoms with E-state index in [1.807, 2.05) is 47.8 Å². The van der Waals surface area contributed by atoms with Crippen molar-refractivity contribution in [1.82, 2.24) is 0 Å². The molecule has 7 heteroatoms. The van der Waals surface area contributed by atoms with E-state index in [1.54, 1.807) is 18.9 Å². The van der Waals surface area contributed by atoms with Crippen LogP contribution in [0.25, 0.3) is 0 Å². The Hall–Kier alpha value is -1.89. The van der Waals surface area contributed by atoms with Gasteiger partial charge in [-0.2, -0.15) is 0 Å². The number of carbonyl (C=O) groups is 1. The Morgan fingerprint density at radius 3 is 2.68 bits per heavy atom. The summed E-state index contributed by atoms with van der Waals surface area (Å²) in [6, 6.07) is 12.6. The lowest BCUT2D eigenvalue weighted by molar-refractivity contribution is -0.690. The van der Waals surface area contributed by atoms with Gasteiger partial charge in [-0.25, -0.2) is 0 Å². The molecular weight excluding hydrogens is 362 g/mol. The van der Waals surface area contributed by atoms with Crippen molar-refractivity contribution in [2.45, 2.75) is 18.0 Å². The van der Waals surface area contributed by atoms with Crippen LogP contribution < -0.4 is 19.9 Å². The molecule has 0 aliphatic carbocycles. The summed E-state index contributed by atoms with van der Waals surface area (Å²) < 4.78 is 11.3. The number of hydrogen-bond donors (Lipinski definition) is 1. The van der Waals surface area contributed by atoms with Gasteiger partial charge in [0.05, 0.1) is 12.9 Å². The number of carboxylic acids is 1. The molecule has 132 valence electrons. The Bertz CT molecular complexity index is 753. The Balaban J connectivity index is 1.69. The number of hydrogen-bond acceptors (Lipinski definition) is 5. The maximum atomic E-state index is 11.0. The van der Waals surface area contributed by atoms with E-state index in [-0.39, 0.29) is 5.37 Å². The minimum absolute atomic E-state index is 0.0158. The predicted octanol–water partition coefficient (Wildman–Crippen LogP) is 1.35. The zero-order valence-electron chi connectivity index (χ0n) is 13.6. The molecule has 0 aromatic heterocycles. The topological polar surface area (TPSA) is 75.2 Å². The number of carboxylic acid groups (broad SMARTS) is 1. The fourth-order valence-corrected chi connectivity index (χ4v) is 4.03. The number of aliphatic carboxylic acids is 1. The van der Waals surface area contributed by atoms with Gasteiger partial charge in [0.25, 0.3) is 0 Å². The number of rotatable bonds is 6. The van der Waals surface area contributed by atoms with Crippen molar-refractivity contribution in [1.29, 1.82) is 0 Å². The van der Waals surface area contributed by atoms with Crippen LogP contribution in [0.3, 0.4) is 0 Å². The number of nitrogens with two attached hydrogens (primary N) is 1. The summed E-state index contributed by atoms with van der Waals surface area (Å²) in [5, 5.41) is 13.5. The van der Waals surface area contributed by atoms with Crippen LogP contribution in [0, 0.1) is 0 Å². The molecule has 2 atom stereocenters. The summed E-state index contributed by atoms with van der Waals surface area (Å²) in [6.45, 7) is 0.407. The van der Waals surface area contributed by atoms with Crippen molar-refractivity contribution in [3.8, 4) is 11.5 Å². The molecule has 0 unspecified atom stereocenters. The lowest BCUT2D eigenvalue weighted by Crippen LogP contribution is -2.90. The van der Waals surface area contributed by atoms with E-state index < -0.39 is 12.0 Å². The van der Waals surface area contributed by atoms with Crippen molar-refractivity contribution in [3.05, 3.63) is 58.6 Å². The molecule has 1 aliphatic rings. The van der Waals surface area contributed by atoms with Gasteiger partial charge in [0.1, 0.15) is 18.6 Å². The molecule has 1 saturated heterocycles. The SMILES string of the molecule is COc1cc([C@H]2[NH2+][C@H](C(=O)[O-])CS2)ccc1OCc1ccc(Cl)cc1. The van der Waals surface area contributed by atoms with Gasteiger partial charge in [0, 0.05) is 10.6 Å². The molecule has 0 spiro atoms. The highest BCUT2D eigenvalue weighted by Crippen LogP contribution is 2.34. The van der Waals surface area contributed by atoms with Crippen molar-refractivity contribution < 1.29 is 24.7 Å². The molecule has 2 aromatic carbocycles. The number of thioether (sulfide) groups is 1. The van der Waals surface area contributed by atoms with Gasteiger partial charge in [-0.3, -0.25) is 0 Å². The number of methoxy groups -OCH3 is 1. The first-order valence-electron chi connectivity index (χ1n) is 7.79. The molecule has 1 aliphatic heterocycles. The molecule has 2 N–H and O–H groups in total. The lowest BCUT2D eigenvalue weighted by Gasteiger charge is -2.15. The lowest BCUT2D eigenvalue weighted by atomic mass is 10.2. The van der Waals surface area contributed by atoms with Gasteiger partial charge in [-0.15, -0.1) is 0 Å². The largest absolute Gasteiger partial charge is 0.544 e. The summed E-state index contributed by atoms with van der Waals surface area (Å²) in [5.41, 5.74) is 2.00. The molecule has 1 heterocycles. The molecule has 1 fully saturated rings. The van der Waals surface area contributed by atoms with Gasteiger partial charge in [0.15, 0.2) is 16.9 Å². The van der Waals surface area contributed by atoms with Crippen LogP contribution in [0.1, 0.15) is 16.5 Å². The maximum absolute atomic E-state index is 11.0. The summed E-state index contributed by atoms with van der Waals surface area (Å²) >= 11 is 7.46. The standard InChI is InChI=1S/C18H18ClNO4S/c1-23-16-8-12(17-20-14(10-25-17)18(21)22)4-7-15(16)24-9-11-2-5-13(19)6-3-11/h2-8,14,17,20H,9-10H2,1H3,(H,21,22)/t14-,17-/m0/s1. The van der Waals surface area contributed by atoms with Crippen LogP contribution in [-0.2, 0) is 11.4 Å². The van der Waals surface area contributed by atoms with Crippen molar-refractivity contribution in [2.75, 3.05) is 12.9 Å². The Kier molecular flexibility index (Phi) is 5.73. The summed E-state index contributed by atoms with van der Waals surface area (Å²) in [5.74, 6) is 0.771. The van der Waals surface area contributed by atoms with E-state index in [0.717, 1.165) is 11.1 Å². The second-order valence-corrected chi connectivity index (χ2v) is 7.31. The van der Waals surface area contributed by atoms with Gasteiger partial charge < -0.3 is 24.7 Å². The first-order chi connectivity index (χ1) is 12.1. The molecule has 0 amide bonds. The second-order valence-electron chi connectivity index (χ2n) is 5.70. The molecule has 0 saturated carbocycles. The van der Waals surface area contributed by atoms with Crippen LogP contribution in [0.15, 0.2) is 42.5 Å². The van der Waals surface area contributed by atoms with E-state index >= 15 is 0 Å². The molecule has 0 bridgehead atoms. The van der Waals surface area contributed by atoms with Crippen molar-refractivity contribution >= 4 is 29.3 Å². The molecular formula is C18H18ClNO4S. The van der Waals surface area contributed by atoms with E-state index in [1.165, 1.54) is 0 Å². The predicted molar refractivity (Wildman–Crippen MR) is 94.7 cm³/mol. The zero-order valence-corrected chi connectivity index (χ0v) is 15.2. The quantitative estimate of drug-likeness (QED) is 0.820. The second kappa shape index (κ2) is 7.99. The minimum atomic E-state index is -1.02. The molecule has 3 rings (SSSR count). The zero-order chi connectivity index (χ0) is 17.8. The van der Waals surface area contributed by atoms with Gasteiger partial charge in [-0.1, -0.05) is 35.5 Å².